The molecule has 0 radical (unpaired) electrons. The highest BCUT2D eigenvalue weighted by Gasteiger charge is 2.35. The van der Waals surface area contributed by atoms with E-state index in [4.69, 9.17) is 4.74 Å². The number of pyridine rings is 1. The Morgan fingerprint density at radius 3 is 2.93 bits per heavy atom. The van der Waals surface area contributed by atoms with Crippen molar-refractivity contribution in [1.29, 1.82) is 0 Å². The first-order valence-electron chi connectivity index (χ1n) is 9.34. The van der Waals surface area contributed by atoms with Gasteiger partial charge in [0.2, 0.25) is 0 Å². The molecule has 2 fully saturated rings. The van der Waals surface area contributed by atoms with Crippen LogP contribution < -0.4 is 0 Å². The standard InChI is InChI=1S/C19H22N4O3S2/c24-18-15(14-21-9-11-26-12-10-21)28-19(25)23(18)7-1-2-13-27-17-5-3-4-16-20-6-8-22(16)17/h3-6,8,14H,1-2,7,9-13H2. The normalized spacial score (nSPS) is 19.4. The van der Waals surface area contributed by atoms with E-state index in [2.05, 4.69) is 15.5 Å². The number of thioether (sulfide) groups is 2. The Bertz CT molecular complexity index is 892. The minimum atomic E-state index is -0.169. The fraction of sp³-hybridized carbons (Fsp3) is 0.421. The molecule has 2 aromatic rings. The van der Waals surface area contributed by atoms with Gasteiger partial charge in [0.25, 0.3) is 11.1 Å². The molecule has 4 rings (SSSR count). The van der Waals surface area contributed by atoms with E-state index in [1.807, 2.05) is 29.4 Å². The van der Waals surface area contributed by atoms with Crippen molar-refractivity contribution in [3.8, 4) is 0 Å². The highest BCUT2D eigenvalue weighted by molar-refractivity contribution is 8.18. The van der Waals surface area contributed by atoms with Crippen LogP contribution in [0.1, 0.15) is 12.8 Å². The maximum absolute atomic E-state index is 12.5. The highest BCUT2D eigenvalue weighted by atomic mass is 32.2. The molecule has 4 heterocycles. The van der Waals surface area contributed by atoms with Crippen LogP contribution in [-0.2, 0) is 9.53 Å². The van der Waals surface area contributed by atoms with Crippen molar-refractivity contribution < 1.29 is 14.3 Å². The summed E-state index contributed by atoms with van der Waals surface area (Å²) in [5.74, 6) is 0.759. The van der Waals surface area contributed by atoms with E-state index < -0.39 is 0 Å². The molecule has 28 heavy (non-hydrogen) atoms. The summed E-state index contributed by atoms with van der Waals surface area (Å²) in [5, 5.41) is 0.981. The predicted octanol–water partition coefficient (Wildman–Crippen LogP) is 3.08. The lowest BCUT2D eigenvalue weighted by Gasteiger charge is -2.25. The molecule has 0 saturated carbocycles. The van der Waals surface area contributed by atoms with Crippen LogP contribution in [0.5, 0.6) is 0 Å². The molecule has 0 aliphatic carbocycles. The lowest BCUT2D eigenvalue weighted by Crippen LogP contribution is -2.33. The van der Waals surface area contributed by atoms with Crippen LogP contribution in [0, 0.1) is 0 Å². The highest BCUT2D eigenvalue weighted by Crippen LogP contribution is 2.31. The summed E-state index contributed by atoms with van der Waals surface area (Å²) < 4.78 is 7.38. The molecule has 0 N–H and O–H groups in total. The zero-order chi connectivity index (χ0) is 19.3. The van der Waals surface area contributed by atoms with Gasteiger partial charge in [-0.25, -0.2) is 4.98 Å². The van der Waals surface area contributed by atoms with Crippen molar-refractivity contribution in [2.24, 2.45) is 0 Å². The van der Waals surface area contributed by atoms with E-state index in [9.17, 15) is 9.59 Å². The Morgan fingerprint density at radius 2 is 2.07 bits per heavy atom. The number of unbranched alkanes of at least 4 members (excludes halogenated alkanes) is 1. The Labute approximate surface area is 172 Å². The molecule has 0 unspecified atom stereocenters. The molecular weight excluding hydrogens is 396 g/mol. The van der Waals surface area contributed by atoms with Crippen LogP contribution in [0.25, 0.3) is 5.65 Å². The van der Waals surface area contributed by atoms with Crippen LogP contribution in [0.4, 0.5) is 4.79 Å². The molecule has 2 aliphatic heterocycles. The van der Waals surface area contributed by atoms with Crippen molar-refractivity contribution in [1.82, 2.24) is 19.2 Å². The number of imide groups is 1. The Morgan fingerprint density at radius 1 is 1.21 bits per heavy atom. The molecule has 0 atom stereocenters. The van der Waals surface area contributed by atoms with Crippen molar-refractivity contribution in [2.45, 2.75) is 17.9 Å². The minimum absolute atomic E-state index is 0.166. The summed E-state index contributed by atoms with van der Waals surface area (Å²) in [5.41, 5.74) is 0.940. The van der Waals surface area contributed by atoms with Crippen molar-refractivity contribution in [2.75, 3.05) is 38.6 Å². The first-order chi connectivity index (χ1) is 13.7. The zero-order valence-corrected chi connectivity index (χ0v) is 17.1. The minimum Gasteiger partial charge on any atom is -0.378 e. The molecule has 0 aromatic carbocycles. The van der Waals surface area contributed by atoms with Crippen LogP contribution in [-0.4, -0.2) is 68.9 Å². The number of carbonyl (C=O) groups is 2. The van der Waals surface area contributed by atoms with E-state index in [1.165, 1.54) is 4.90 Å². The fourth-order valence-corrected chi connectivity index (χ4v) is 5.04. The lowest BCUT2D eigenvalue weighted by atomic mass is 10.3. The Balaban J connectivity index is 1.24. The summed E-state index contributed by atoms with van der Waals surface area (Å²) in [6.07, 6.45) is 7.30. The largest absolute Gasteiger partial charge is 0.378 e. The fourth-order valence-electron chi connectivity index (χ4n) is 3.14. The van der Waals surface area contributed by atoms with Crippen LogP contribution in [0.15, 0.2) is 46.7 Å². The van der Waals surface area contributed by atoms with Gasteiger partial charge in [0.05, 0.1) is 23.1 Å². The second-order valence-electron chi connectivity index (χ2n) is 6.54. The monoisotopic (exact) mass is 418 g/mol. The SMILES string of the molecule is O=C1SC(=CN2CCOCC2)C(=O)N1CCCCSc1cccc2nccn12. The number of nitrogens with zero attached hydrogens (tertiary/aromatic N) is 4. The number of morpholine rings is 1. The molecule has 2 amide bonds. The van der Waals surface area contributed by atoms with Gasteiger partial charge in [0, 0.05) is 38.2 Å². The van der Waals surface area contributed by atoms with E-state index in [1.54, 1.807) is 18.0 Å². The number of imidazole rings is 1. The summed E-state index contributed by atoms with van der Waals surface area (Å²) in [4.78, 5) is 33.0. The van der Waals surface area contributed by atoms with Crippen molar-refractivity contribution in [3.05, 3.63) is 41.7 Å². The molecule has 0 bridgehead atoms. The number of fused-ring (bicyclic) bond motifs is 1. The van der Waals surface area contributed by atoms with Crippen LogP contribution in [0.3, 0.4) is 0 Å². The number of hydrogen-bond donors (Lipinski definition) is 0. The molecule has 9 heteroatoms. The smallest absolute Gasteiger partial charge is 0.293 e. The average molecular weight is 419 g/mol. The van der Waals surface area contributed by atoms with Gasteiger partial charge in [-0.3, -0.25) is 18.9 Å². The molecule has 2 aliphatic rings. The Hall–Kier alpha value is -1.97. The maximum atomic E-state index is 12.5. The maximum Gasteiger partial charge on any atom is 0.293 e. The number of rotatable bonds is 7. The number of amides is 2. The number of carbonyl (C=O) groups excluding carboxylic acids is 2. The van der Waals surface area contributed by atoms with Gasteiger partial charge in [-0.1, -0.05) is 6.07 Å². The summed E-state index contributed by atoms with van der Waals surface area (Å²) in [6.45, 7) is 3.30. The van der Waals surface area contributed by atoms with Gasteiger partial charge in [0.1, 0.15) is 5.65 Å². The molecule has 2 saturated heterocycles. The van der Waals surface area contributed by atoms with E-state index >= 15 is 0 Å². The summed E-state index contributed by atoms with van der Waals surface area (Å²) >= 11 is 2.80. The summed E-state index contributed by atoms with van der Waals surface area (Å²) in [6, 6.07) is 6.06. The van der Waals surface area contributed by atoms with Gasteiger partial charge < -0.3 is 9.64 Å². The van der Waals surface area contributed by atoms with Gasteiger partial charge in [0.15, 0.2) is 0 Å². The molecular formula is C19H22N4O3S2. The predicted molar refractivity (Wildman–Crippen MR) is 110 cm³/mol. The first kappa shape index (κ1) is 19.4. The summed E-state index contributed by atoms with van der Waals surface area (Å²) in [7, 11) is 0. The average Bonchev–Trinajstić information content (AvgIpc) is 3.29. The third-order valence-corrected chi connectivity index (χ3v) is 6.65. The molecule has 148 valence electrons. The first-order valence-corrected chi connectivity index (χ1v) is 11.1. The van der Waals surface area contributed by atoms with Gasteiger partial charge >= 0.3 is 0 Å². The van der Waals surface area contributed by atoms with Gasteiger partial charge in [-0.15, -0.1) is 11.8 Å². The number of ether oxygens (including phenoxy) is 1. The van der Waals surface area contributed by atoms with E-state index in [-0.39, 0.29) is 11.1 Å². The number of hydrogen-bond acceptors (Lipinski definition) is 7. The molecule has 0 spiro atoms. The van der Waals surface area contributed by atoms with Gasteiger partial charge in [-0.05, 0) is 42.5 Å². The van der Waals surface area contributed by atoms with Crippen molar-refractivity contribution in [3.63, 3.8) is 0 Å². The third kappa shape index (κ3) is 4.37. The lowest BCUT2D eigenvalue weighted by molar-refractivity contribution is -0.122. The second kappa shape index (κ2) is 9.02. The zero-order valence-electron chi connectivity index (χ0n) is 15.5. The second-order valence-corrected chi connectivity index (χ2v) is 8.65. The number of aromatic nitrogens is 2. The van der Waals surface area contributed by atoms with Crippen LogP contribution >= 0.6 is 23.5 Å². The van der Waals surface area contributed by atoms with Crippen LogP contribution in [0.2, 0.25) is 0 Å². The Kier molecular flexibility index (Phi) is 6.23. The van der Waals surface area contributed by atoms with Gasteiger partial charge in [-0.2, -0.15) is 0 Å². The third-order valence-electron chi connectivity index (χ3n) is 4.64. The molecule has 2 aromatic heterocycles. The van der Waals surface area contributed by atoms with E-state index in [0.717, 1.165) is 54.1 Å². The van der Waals surface area contributed by atoms with E-state index in [0.29, 0.717) is 24.7 Å². The molecule has 7 nitrogen and oxygen atoms in total. The topological polar surface area (TPSA) is 67.2 Å². The van der Waals surface area contributed by atoms with Crippen molar-refractivity contribution >= 4 is 40.3 Å². The quantitative estimate of drug-likeness (QED) is 0.389.